The number of nitrogens with zero attached hydrogens (tertiary/aromatic N) is 1. The van der Waals surface area contributed by atoms with Crippen molar-refractivity contribution in [3.63, 3.8) is 0 Å². The molecule has 4 heteroatoms. The molecule has 0 saturated carbocycles. The Morgan fingerprint density at radius 3 is 1.48 bits per heavy atom. The lowest BCUT2D eigenvalue weighted by atomic mass is 10.0. The highest BCUT2D eigenvalue weighted by Gasteiger charge is 2.20. The SMILES string of the molecule is O=C(c1ccc(-c2ccccc2)cc1)N(c1ccc(O)cc1)c1ccc(O)cc1. The van der Waals surface area contributed by atoms with Gasteiger partial charge in [-0.15, -0.1) is 0 Å². The lowest BCUT2D eigenvalue weighted by Crippen LogP contribution is -2.25. The molecule has 4 nitrogen and oxygen atoms in total. The fraction of sp³-hybridized carbons (Fsp3) is 0. The van der Waals surface area contributed by atoms with E-state index in [1.165, 1.54) is 24.3 Å². The quantitative estimate of drug-likeness (QED) is 0.474. The van der Waals surface area contributed by atoms with Crippen LogP contribution in [0.4, 0.5) is 11.4 Å². The van der Waals surface area contributed by atoms with Gasteiger partial charge in [0.25, 0.3) is 5.91 Å². The molecule has 0 radical (unpaired) electrons. The minimum Gasteiger partial charge on any atom is -0.508 e. The first-order chi connectivity index (χ1) is 14.1. The van der Waals surface area contributed by atoms with E-state index in [9.17, 15) is 15.0 Å². The number of carbonyl (C=O) groups excluding carboxylic acids is 1. The number of rotatable bonds is 4. The second-order valence-corrected chi connectivity index (χ2v) is 6.62. The number of carbonyl (C=O) groups is 1. The summed E-state index contributed by atoms with van der Waals surface area (Å²) in [4.78, 5) is 14.9. The standard InChI is InChI=1S/C25H19NO3/c27-23-14-10-21(11-15-23)26(22-12-16-24(28)17-13-22)25(29)20-8-6-19(7-9-20)18-4-2-1-3-5-18/h1-17,27-28H. The number of phenolic OH excluding ortho intramolecular Hbond substituents is 2. The molecule has 0 bridgehead atoms. The van der Waals surface area contributed by atoms with Gasteiger partial charge in [0.05, 0.1) is 0 Å². The molecule has 2 N–H and O–H groups in total. The summed E-state index contributed by atoms with van der Waals surface area (Å²) >= 11 is 0. The summed E-state index contributed by atoms with van der Waals surface area (Å²) in [6, 6.07) is 30.3. The summed E-state index contributed by atoms with van der Waals surface area (Å²) in [6.45, 7) is 0. The van der Waals surface area contributed by atoms with Crippen LogP contribution >= 0.6 is 0 Å². The van der Waals surface area contributed by atoms with Crippen LogP contribution < -0.4 is 4.90 Å². The molecular formula is C25H19NO3. The van der Waals surface area contributed by atoms with Gasteiger partial charge in [-0.05, 0) is 71.8 Å². The van der Waals surface area contributed by atoms with Gasteiger partial charge in [-0.25, -0.2) is 0 Å². The zero-order valence-electron chi connectivity index (χ0n) is 15.6. The second kappa shape index (κ2) is 7.90. The molecule has 4 aromatic carbocycles. The van der Waals surface area contributed by atoms with Crippen molar-refractivity contribution in [3.05, 3.63) is 109 Å². The third-order valence-corrected chi connectivity index (χ3v) is 4.66. The number of anilines is 2. The zero-order chi connectivity index (χ0) is 20.2. The third-order valence-electron chi connectivity index (χ3n) is 4.66. The number of amides is 1. The van der Waals surface area contributed by atoms with Gasteiger partial charge in [0.15, 0.2) is 0 Å². The van der Waals surface area contributed by atoms with E-state index in [1.54, 1.807) is 41.3 Å². The van der Waals surface area contributed by atoms with Crippen LogP contribution in [0.5, 0.6) is 11.5 Å². The van der Waals surface area contributed by atoms with E-state index < -0.39 is 0 Å². The number of hydrogen-bond acceptors (Lipinski definition) is 3. The molecule has 4 aromatic rings. The maximum Gasteiger partial charge on any atom is 0.262 e. The van der Waals surface area contributed by atoms with Gasteiger partial charge in [0.1, 0.15) is 11.5 Å². The molecule has 0 aromatic heterocycles. The van der Waals surface area contributed by atoms with Crippen molar-refractivity contribution in [2.24, 2.45) is 0 Å². The lowest BCUT2D eigenvalue weighted by molar-refractivity contribution is 0.0999. The Hall–Kier alpha value is -4.05. The summed E-state index contributed by atoms with van der Waals surface area (Å²) in [5, 5.41) is 19.2. The Morgan fingerprint density at radius 1 is 0.552 bits per heavy atom. The summed E-state index contributed by atoms with van der Waals surface area (Å²) in [5.74, 6) is 0.0409. The highest BCUT2D eigenvalue weighted by molar-refractivity contribution is 6.11. The number of hydrogen-bond donors (Lipinski definition) is 2. The van der Waals surface area contributed by atoms with Gasteiger partial charge in [0.2, 0.25) is 0 Å². The number of phenols is 2. The highest BCUT2D eigenvalue weighted by Crippen LogP contribution is 2.30. The van der Waals surface area contributed by atoms with Gasteiger partial charge in [-0.1, -0.05) is 42.5 Å². The van der Waals surface area contributed by atoms with Crippen LogP contribution in [0.3, 0.4) is 0 Å². The van der Waals surface area contributed by atoms with E-state index in [0.717, 1.165) is 11.1 Å². The zero-order valence-corrected chi connectivity index (χ0v) is 15.6. The van der Waals surface area contributed by atoms with Crippen molar-refractivity contribution >= 4 is 17.3 Å². The molecule has 4 rings (SSSR count). The third kappa shape index (κ3) is 3.96. The van der Waals surface area contributed by atoms with Gasteiger partial charge in [0, 0.05) is 16.9 Å². The maximum absolute atomic E-state index is 13.4. The fourth-order valence-electron chi connectivity index (χ4n) is 3.15. The van der Waals surface area contributed by atoms with Crippen LogP contribution in [0, 0.1) is 0 Å². The molecule has 0 aliphatic heterocycles. The predicted molar refractivity (Wildman–Crippen MR) is 115 cm³/mol. The van der Waals surface area contributed by atoms with Crippen molar-refractivity contribution in [1.29, 1.82) is 0 Å². The van der Waals surface area contributed by atoms with Crippen LogP contribution in [0.25, 0.3) is 11.1 Å². The summed E-state index contributed by atoms with van der Waals surface area (Å²) in [7, 11) is 0. The van der Waals surface area contributed by atoms with Crippen molar-refractivity contribution in [3.8, 4) is 22.6 Å². The average molecular weight is 381 g/mol. The molecular weight excluding hydrogens is 362 g/mol. The van der Waals surface area contributed by atoms with E-state index in [1.807, 2.05) is 42.5 Å². The van der Waals surface area contributed by atoms with Gasteiger partial charge in [-0.3, -0.25) is 9.69 Å². The largest absolute Gasteiger partial charge is 0.508 e. The Morgan fingerprint density at radius 2 is 1.00 bits per heavy atom. The molecule has 0 saturated heterocycles. The molecule has 0 fully saturated rings. The highest BCUT2D eigenvalue weighted by atomic mass is 16.3. The Balaban J connectivity index is 1.71. The van der Waals surface area contributed by atoms with Crippen molar-refractivity contribution < 1.29 is 15.0 Å². The van der Waals surface area contributed by atoms with Crippen molar-refractivity contribution in [2.45, 2.75) is 0 Å². The van der Waals surface area contributed by atoms with Crippen molar-refractivity contribution in [1.82, 2.24) is 0 Å². The van der Waals surface area contributed by atoms with Crippen LogP contribution in [-0.4, -0.2) is 16.1 Å². The van der Waals surface area contributed by atoms with E-state index in [2.05, 4.69) is 0 Å². The normalized spacial score (nSPS) is 10.5. The smallest absolute Gasteiger partial charge is 0.262 e. The molecule has 0 spiro atoms. The molecule has 0 heterocycles. The second-order valence-electron chi connectivity index (χ2n) is 6.62. The van der Waals surface area contributed by atoms with E-state index in [0.29, 0.717) is 16.9 Å². The predicted octanol–water partition coefficient (Wildman–Crippen LogP) is 5.74. The van der Waals surface area contributed by atoms with E-state index >= 15 is 0 Å². The average Bonchev–Trinajstić information content (AvgIpc) is 2.77. The maximum atomic E-state index is 13.4. The first-order valence-corrected chi connectivity index (χ1v) is 9.20. The van der Waals surface area contributed by atoms with Crippen LogP contribution in [-0.2, 0) is 0 Å². The van der Waals surface area contributed by atoms with Gasteiger partial charge < -0.3 is 10.2 Å². The minimum absolute atomic E-state index is 0.124. The van der Waals surface area contributed by atoms with Gasteiger partial charge in [-0.2, -0.15) is 0 Å². The Labute approximate surface area is 168 Å². The first-order valence-electron chi connectivity index (χ1n) is 9.20. The van der Waals surface area contributed by atoms with Crippen LogP contribution in [0.1, 0.15) is 10.4 Å². The summed E-state index contributed by atoms with van der Waals surface area (Å²) in [5.41, 5.74) is 3.88. The molecule has 0 aliphatic carbocycles. The monoisotopic (exact) mass is 381 g/mol. The molecule has 1 amide bonds. The van der Waals surface area contributed by atoms with Crippen LogP contribution in [0.2, 0.25) is 0 Å². The topological polar surface area (TPSA) is 60.8 Å². The van der Waals surface area contributed by atoms with E-state index in [4.69, 9.17) is 0 Å². The van der Waals surface area contributed by atoms with Crippen molar-refractivity contribution in [2.75, 3.05) is 4.90 Å². The molecule has 0 unspecified atom stereocenters. The molecule has 29 heavy (non-hydrogen) atoms. The molecule has 0 aliphatic rings. The summed E-state index contributed by atoms with van der Waals surface area (Å²) < 4.78 is 0. The molecule has 0 atom stereocenters. The lowest BCUT2D eigenvalue weighted by Gasteiger charge is -2.23. The Bertz CT molecular complexity index is 1060. The van der Waals surface area contributed by atoms with E-state index in [-0.39, 0.29) is 17.4 Å². The minimum atomic E-state index is -0.207. The first kappa shape index (κ1) is 18.3. The Kier molecular flexibility index (Phi) is 4.99. The van der Waals surface area contributed by atoms with Gasteiger partial charge >= 0.3 is 0 Å². The number of benzene rings is 4. The number of aromatic hydroxyl groups is 2. The fourth-order valence-corrected chi connectivity index (χ4v) is 3.15. The van der Waals surface area contributed by atoms with Crippen LogP contribution in [0.15, 0.2) is 103 Å². The summed E-state index contributed by atoms with van der Waals surface area (Å²) in [6.07, 6.45) is 0. The molecule has 142 valence electrons.